The molecule has 0 amide bonds. The van der Waals surface area contributed by atoms with Crippen molar-refractivity contribution in [2.24, 2.45) is 0 Å². The molecule has 0 radical (unpaired) electrons. The van der Waals surface area contributed by atoms with Crippen LogP contribution in [0.1, 0.15) is 41.7 Å². The van der Waals surface area contributed by atoms with Crippen LogP contribution in [0, 0.1) is 0 Å². The van der Waals surface area contributed by atoms with E-state index in [-0.39, 0.29) is 0 Å². The highest BCUT2D eigenvalue weighted by molar-refractivity contribution is 7.21. The van der Waals surface area contributed by atoms with Gasteiger partial charge in [0.05, 0.1) is 0 Å². The molecule has 5 heteroatoms. The van der Waals surface area contributed by atoms with Crippen LogP contribution in [0.15, 0.2) is 35.8 Å². The van der Waals surface area contributed by atoms with E-state index in [0.717, 1.165) is 31.9 Å². The first-order valence-electron chi connectivity index (χ1n) is 8.38. The van der Waals surface area contributed by atoms with Crippen molar-refractivity contribution in [1.29, 1.82) is 0 Å². The lowest BCUT2D eigenvalue weighted by Crippen LogP contribution is -2.30. The van der Waals surface area contributed by atoms with Crippen LogP contribution in [-0.2, 0) is 19.5 Å². The summed E-state index contributed by atoms with van der Waals surface area (Å²) in [5, 5.41) is 2.14. The summed E-state index contributed by atoms with van der Waals surface area (Å²) in [5.74, 6) is 1.37. The van der Waals surface area contributed by atoms with Crippen molar-refractivity contribution >= 4 is 22.7 Å². The highest BCUT2D eigenvalue weighted by atomic mass is 32.1. The van der Waals surface area contributed by atoms with Crippen molar-refractivity contribution in [2.45, 2.75) is 39.3 Å². The second-order valence-corrected chi connectivity index (χ2v) is 8.67. The maximum atomic E-state index is 4.76. The Labute approximate surface area is 151 Å². The Hall–Kier alpha value is -1.56. The van der Waals surface area contributed by atoms with E-state index in [1.165, 1.54) is 25.9 Å². The smallest absolute Gasteiger partial charge is 0.131 e. The lowest BCUT2D eigenvalue weighted by Gasteiger charge is -2.27. The third-order valence-electron chi connectivity index (χ3n) is 4.35. The molecule has 0 spiro atoms. The van der Waals surface area contributed by atoms with Gasteiger partial charge in [-0.3, -0.25) is 4.90 Å². The van der Waals surface area contributed by atoms with Gasteiger partial charge in [0.15, 0.2) is 0 Å². The van der Waals surface area contributed by atoms with Gasteiger partial charge >= 0.3 is 0 Å². The van der Waals surface area contributed by atoms with Gasteiger partial charge in [-0.25, -0.2) is 9.97 Å². The summed E-state index contributed by atoms with van der Waals surface area (Å²) >= 11 is 3.72. The monoisotopic (exact) mass is 355 g/mol. The van der Waals surface area contributed by atoms with Gasteiger partial charge < -0.3 is 0 Å². The van der Waals surface area contributed by atoms with Crippen molar-refractivity contribution in [3.05, 3.63) is 57.8 Å². The van der Waals surface area contributed by atoms with Gasteiger partial charge in [-0.1, -0.05) is 19.9 Å². The van der Waals surface area contributed by atoms with E-state index in [0.29, 0.717) is 5.92 Å². The molecule has 0 aliphatic carbocycles. The molecular weight excluding hydrogens is 334 g/mol. The fourth-order valence-corrected chi connectivity index (χ4v) is 4.92. The molecule has 1 aliphatic heterocycles. The minimum Gasteiger partial charge on any atom is -0.293 e. The number of fused-ring (bicyclic) bond motifs is 1. The van der Waals surface area contributed by atoms with Crippen molar-refractivity contribution in [2.75, 3.05) is 6.54 Å². The molecular formula is C19H21N3S2. The van der Waals surface area contributed by atoms with Crippen LogP contribution in [0.3, 0.4) is 0 Å². The summed E-state index contributed by atoms with van der Waals surface area (Å²) < 4.78 is 0. The molecule has 0 fully saturated rings. The Morgan fingerprint density at radius 2 is 2.12 bits per heavy atom. The average molecular weight is 356 g/mol. The van der Waals surface area contributed by atoms with E-state index >= 15 is 0 Å². The van der Waals surface area contributed by atoms with Gasteiger partial charge in [0.25, 0.3) is 0 Å². The van der Waals surface area contributed by atoms with Gasteiger partial charge in [0, 0.05) is 64.1 Å². The molecule has 124 valence electrons. The van der Waals surface area contributed by atoms with Crippen LogP contribution >= 0.6 is 22.7 Å². The molecule has 0 unspecified atom stereocenters. The van der Waals surface area contributed by atoms with Crippen LogP contribution < -0.4 is 0 Å². The van der Waals surface area contributed by atoms with E-state index in [4.69, 9.17) is 4.98 Å². The Kier molecular flexibility index (Phi) is 4.48. The summed E-state index contributed by atoms with van der Waals surface area (Å²) in [7, 11) is 0. The molecule has 4 heterocycles. The summed E-state index contributed by atoms with van der Waals surface area (Å²) in [6.45, 7) is 7.35. The van der Waals surface area contributed by atoms with Crippen molar-refractivity contribution in [3.63, 3.8) is 0 Å². The van der Waals surface area contributed by atoms with Crippen LogP contribution in [0.4, 0.5) is 0 Å². The van der Waals surface area contributed by atoms with Crippen LogP contribution in [0.25, 0.3) is 9.75 Å². The molecule has 0 atom stereocenters. The third kappa shape index (κ3) is 3.29. The Morgan fingerprint density at radius 3 is 2.92 bits per heavy atom. The number of nitrogens with zero attached hydrogens (tertiary/aromatic N) is 3. The molecule has 0 saturated carbocycles. The van der Waals surface area contributed by atoms with Crippen molar-refractivity contribution in [1.82, 2.24) is 14.9 Å². The third-order valence-corrected chi connectivity index (χ3v) is 6.49. The van der Waals surface area contributed by atoms with E-state index in [2.05, 4.69) is 53.4 Å². The lowest BCUT2D eigenvalue weighted by molar-refractivity contribution is 0.244. The maximum absolute atomic E-state index is 4.76. The van der Waals surface area contributed by atoms with E-state index < -0.39 is 0 Å². The molecule has 1 aliphatic rings. The number of aromatic nitrogens is 2. The highest BCUT2D eigenvalue weighted by Crippen LogP contribution is 2.32. The minimum absolute atomic E-state index is 0.398. The first kappa shape index (κ1) is 15.9. The maximum Gasteiger partial charge on any atom is 0.131 e. The van der Waals surface area contributed by atoms with E-state index in [1.54, 1.807) is 0 Å². The van der Waals surface area contributed by atoms with Crippen molar-refractivity contribution in [3.8, 4) is 9.75 Å². The molecule has 0 saturated heterocycles. The Morgan fingerprint density at radius 1 is 1.21 bits per heavy atom. The summed E-state index contributed by atoms with van der Waals surface area (Å²) in [6, 6.07) is 8.84. The Bertz CT molecular complexity index is 821. The topological polar surface area (TPSA) is 29.0 Å². The normalized spacial score (nSPS) is 15.0. The standard InChI is InChI=1S/C19H21N3S2/c1-13(2)19-20-10-14-11-22(8-7-16(14)21-19)12-15-5-6-18(24-15)17-4-3-9-23-17/h3-6,9-10,13H,7-8,11-12H2,1-2H3. The van der Waals surface area contributed by atoms with Gasteiger partial charge in [0.2, 0.25) is 0 Å². The predicted octanol–water partition coefficient (Wildman–Crippen LogP) is 4.95. The lowest BCUT2D eigenvalue weighted by atomic mass is 10.1. The van der Waals surface area contributed by atoms with Crippen molar-refractivity contribution < 1.29 is 0 Å². The fraction of sp³-hybridized carbons (Fsp3) is 0.368. The van der Waals surface area contributed by atoms with Gasteiger partial charge in [-0.15, -0.1) is 22.7 Å². The molecule has 3 aromatic rings. The number of rotatable bonds is 4. The van der Waals surface area contributed by atoms with Crippen LogP contribution in [0.2, 0.25) is 0 Å². The van der Waals surface area contributed by atoms with Gasteiger partial charge in [-0.05, 0) is 23.6 Å². The predicted molar refractivity (Wildman–Crippen MR) is 102 cm³/mol. The average Bonchev–Trinajstić information content (AvgIpc) is 3.25. The molecule has 3 nitrogen and oxygen atoms in total. The van der Waals surface area contributed by atoms with E-state index in [9.17, 15) is 0 Å². The molecule has 0 bridgehead atoms. The molecule has 0 aromatic carbocycles. The minimum atomic E-state index is 0.398. The zero-order chi connectivity index (χ0) is 16.5. The molecule has 0 N–H and O–H groups in total. The Balaban J connectivity index is 1.45. The first-order valence-corrected chi connectivity index (χ1v) is 10.1. The summed E-state index contributed by atoms with van der Waals surface area (Å²) in [5.41, 5.74) is 2.54. The second kappa shape index (κ2) is 6.75. The van der Waals surface area contributed by atoms with Crippen LogP contribution in [-0.4, -0.2) is 21.4 Å². The first-order chi connectivity index (χ1) is 11.7. The second-order valence-electron chi connectivity index (χ2n) is 6.56. The number of hydrogen-bond acceptors (Lipinski definition) is 5. The SMILES string of the molecule is CC(C)c1ncc2c(n1)CCN(Cc1ccc(-c3cccs3)s1)C2. The largest absolute Gasteiger partial charge is 0.293 e. The quantitative estimate of drug-likeness (QED) is 0.663. The fourth-order valence-electron chi connectivity index (χ4n) is 3.04. The zero-order valence-electron chi connectivity index (χ0n) is 14.0. The number of thiophene rings is 2. The van der Waals surface area contributed by atoms with E-state index in [1.807, 2.05) is 28.9 Å². The molecule has 4 rings (SSSR count). The zero-order valence-corrected chi connectivity index (χ0v) is 15.7. The van der Waals surface area contributed by atoms with Gasteiger partial charge in [-0.2, -0.15) is 0 Å². The van der Waals surface area contributed by atoms with Crippen LogP contribution in [0.5, 0.6) is 0 Å². The molecule has 3 aromatic heterocycles. The summed E-state index contributed by atoms with van der Waals surface area (Å²) in [4.78, 5) is 16.0. The highest BCUT2D eigenvalue weighted by Gasteiger charge is 2.19. The number of hydrogen-bond donors (Lipinski definition) is 0. The molecule has 24 heavy (non-hydrogen) atoms. The summed E-state index contributed by atoms with van der Waals surface area (Å²) in [6.07, 6.45) is 3.07. The van der Waals surface area contributed by atoms with Gasteiger partial charge in [0.1, 0.15) is 5.82 Å².